The number of nitrogens with one attached hydrogen (secondary N) is 1. The molecule has 0 saturated heterocycles. The lowest BCUT2D eigenvalue weighted by Gasteiger charge is -2.31. The Labute approximate surface area is 186 Å². The minimum atomic E-state index is -0.320. The second-order valence-corrected chi connectivity index (χ2v) is 8.55. The predicted molar refractivity (Wildman–Crippen MR) is 122 cm³/mol. The first-order chi connectivity index (χ1) is 14.8. The Bertz CT molecular complexity index is 1150. The average Bonchev–Trinajstić information content (AvgIpc) is 3.11. The molecule has 0 aliphatic carbocycles. The van der Waals surface area contributed by atoms with Crippen LogP contribution in [0, 0.1) is 12.8 Å². The molecule has 4 rings (SSSR count). The summed E-state index contributed by atoms with van der Waals surface area (Å²) in [5.74, 6) is 0.607. The van der Waals surface area contributed by atoms with Crippen LogP contribution in [0.25, 0.3) is 11.3 Å². The Morgan fingerprint density at radius 3 is 2.74 bits per heavy atom. The van der Waals surface area contributed by atoms with E-state index in [2.05, 4.69) is 24.3 Å². The number of carbonyl (C=O) groups is 2. The van der Waals surface area contributed by atoms with Gasteiger partial charge in [-0.3, -0.25) is 9.59 Å². The third-order valence-electron chi connectivity index (χ3n) is 5.30. The molecule has 160 valence electrons. The third-order valence-corrected chi connectivity index (χ3v) is 5.63. The molecule has 7 heteroatoms. The summed E-state index contributed by atoms with van der Waals surface area (Å²) in [7, 11) is 0. The van der Waals surface area contributed by atoms with Gasteiger partial charge in [-0.05, 0) is 49.1 Å². The van der Waals surface area contributed by atoms with Crippen LogP contribution in [0.5, 0.6) is 0 Å². The van der Waals surface area contributed by atoms with E-state index in [1.54, 1.807) is 19.1 Å². The van der Waals surface area contributed by atoms with Crippen LogP contribution in [0.2, 0.25) is 5.02 Å². The smallest absolute Gasteiger partial charge is 0.261 e. The molecule has 2 amide bonds. The molecule has 0 radical (unpaired) electrons. The second kappa shape index (κ2) is 8.55. The molecule has 1 aromatic heterocycles. The topological polar surface area (TPSA) is 75.4 Å². The van der Waals surface area contributed by atoms with Crippen LogP contribution in [0.15, 0.2) is 47.0 Å². The number of amides is 2. The molecule has 0 saturated carbocycles. The SMILES string of the molecule is Cc1onc(-c2ccccc2Cl)c1C(=O)Nc1ccc2c(c1)CCC(=O)N2CC(C)C. The van der Waals surface area contributed by atoms with Crippen molar-refractivity contribution < 1.29 is 14.1 Å². The number of fused-ring (bicyclic) bond motifs is 1. The Balaban J connectivity index is 1.62. The Morgan fingerprint density at radius 2 is 2.00 bits per heavy atom. The normalized spacial score (nSPS) is 13.5. The van der Waals surface area contributed by atoms with Gasteiger partial charge in [-0.2, -0.15) is 0 Å². The number of hydrogen-bond acceptors (Lipinski definition) is 4. The van der Waals surface area contributed by atoms with Crippen LogP contribution in [0.3, 0.4) is 0 Å². The lowest BCUT2D eigenvalue weighted by molar-refractivity contribution is -0.119. The van der Waals surface area contributed by atoms with Gasteiger partial charge in [0.1, 0.15) is 17.0 Å². The predicted octanol–water partition coefficient (Wildman–Crippen LogP) is 5.49. The van der Waals surface area contributed by atoms with Crippen molar-refractivity contribution in [1.82, 2.24) is 5.16 Å². The molecule has 0 bridgehead atoms. The van der Waals surface area contributed by atoms with Gasteiger partial charge < -0.3 is 14.7 Å². The number of benzene rings is 2. The molecule has 1 aliphatic heterocycles. The molecule has 2 heterocycles. The van der Waals surface area contributed by atoms with Gasteiger partial charge in [0.15, 0.2) is 0 Å². The van der Waals surface area contributed by atoms with E-state index >= 15 is 0 Å². The highest BCUT2D eigenvalue weighted by atomic mass is 35.5. The van der Waals surface area contributed by atoms with Gasteiger partial charge in [0.05, 0.1) is 5.02 Å². The number of nitrogens with zero attached hydrogens (tertiary/aromatic N) is 2. The number of aryl methyl sites for hydroxylation is 2. The number of carbonyl (C=O) groups excluding carboxylic acids is 2. The average molecular weight is 438 g/mol. The maximum Gasteiger partial charge on any atom is 0.261 e. The van der Waals surface area contributed by atoms with E-state index in [4.69, 9.17) is 16.1 Å². The van der Waals surface area contributed by atoms with E-state index in [0.29, 0.717) is 58.6 Å². The summed E-state index contributed by atoms with van der Waals surface area (Å²) in [4.78, 5) is 27.3. The molecule has 1 aliphatic rings. The largest absolute Gasteiger partial charge is 0.360 e. The van der Waals surface area contributed by atoms with Gasteiger partial charge in [0.25, 0.3) is 5.91 Å². The van der Waals surface area contributed by atoms with Gasteiger partial charge in [-0.25, -0.2) is 0 Å². The Morgan fingerprint density at radius 1 is 1.23 bits per heavy atom. The van der Waals surface area contributed by atoms with E-state index in [1.807, 2.05) is 35.2 Å². The maximum absolute atomic E-state index is 13.1. The van der Waals surface area contributed by atoms with Crippen molar-refractivity contribution in [2.75, 3.05) is 16.8 Å². The van der Waals surface area contributed by atoms with Crippen molar-refractivity contribution >= 4 is 34.8 Å². The zero-order valence-electron chi connectivity index (χ0n) is 17.7. The molecule has 0 fully saturated rings. The van der Waals surface area contributed by atoms with Crippen LogP contribution >= 0.6 is 11.6 Å². The molecule has 3 aromatic rings. The zero-order chi connectivity index (χ0) is 22.1. The summed E-state index contributed by atoms with van der Waals surface area (Å²) in [5, 5.41) is 7.50. The van der Waals surface area contributed by atoms with E-state index in [-0.39, 0.29) is 11.8 Å². The Hall–Kier alpha value is -3.12. The summed E-state index contributed by atoms with van der Waals surface area (Å²) >= 11 is 6.30. The molecule has 6 nitrogen and oxygen atoms in total. The van der Waals surface area contributed by atoms with Crippen LogP contribution in [0.1, 0.15) is 41.9 Å². The van der Waals surface area contributed by atoms with Gasteiger partial charge >= 0.3 is 0 Å². The highest BCUT2D eigenvalue weighted by molar-refractivity contribution is 6.33. The number of aromatic nitrogens is 1. The highest BCUT2D eigenvalue weighted by Crippen LogP contribution is 2.33. The fourth-order valence-corrected chi connectivity index (χ4v) is 4.10. The van der Waals surface area contributed by atoms with Crippen molar-refractivity contribution in [2.24, 2.45) is 5.92 Å². The summed E-state index contributed by atoms with van der Waals surface area (Å²) < 4.78 is 5.30. The molecular formula is C24H24ClN3O3. The first kappa shape index (κ1) is 21.1. The van der Waals surface area contributed by atoms with Crippen LogP contribution in [0.4, 0.5) is 11.4 Å². The standard InChI is InChI=1S/C24H24ClN3O3/c1-14(2)13-28-20-10-9-17(12-16(20)8-11-21(28)29)26-24(30)22-15(3)31-27-23(22)18-6-4-5-7-19(18)25/h4-7,9-10,12,14H,8,11,13H2,1-3H3,(H,26,30). The number of hydrogen-bond donors (Lipinski definition) is 1. The van der Waals surface area contributed by atoms with Gasteiger partial charge in [-0.15, -0.1) is 0 Å². The van der Waals surface area contributed by atoms with Crippen LogP contribution < -0.4 is 10.2 Å². The van der Waals surface area contributed by atoms with Gasteiger partial charge in [-0.1, -0.05) is 48.8 Å². The van der Waals surface area contributed by atoms with Crippen molar-refractivity contribution in [2.45, 2.75) is 33.6 Å². The molecular weight excluding hydrogens is 414 g/mol. The molecule has 0 unspecified atom stereocenters. The molecule has 0 spiro atoms. The molecule has 0 atom stereocenters. The quantitative estimate of drug-likeness (QED) is 0.572. The lowest BCUT2D eigenvalue weighted by atomic mass is 9.99. The fourth-order valence-electron chi connectivity index (χ4n) is 3.87. The van der Waals surface area contributed by atoms with E-state index in [0.717, 1.165) is 11.3 Å². The third kappa shape index (κ3) is 4.21. The van der Waals surface area contributed by atoms with Crippen molar-refractivity contribution in [3.8, 4) is 11.3 Å². The summed E-state index contributed by atoms with van der Waals surface area (Å²) in [5.41, 5.74) is 4.02. The molecule has 1 N–H and O–H groups in total. The van der Waals surface area contributed by atoms with E-state index in [1.165, 1.54) is 0 Å². The van der Waals surface area contributed by atoms with Crippen molar-refractivity contribution in [3.63, 3.8) is 0 Å². The first-order valence-electron chi connectivity index (χ1n) is 10.3. The minimum Gasteiger partial charge on any atom is -0.360 e. The molecule has 31 heavy (non-hydrogen) atoms. The van der Waals surface area contributed by atoms with Gasteiger partial charge in [0.2, 0.25) is 5.91 Å². The van der Waals surface area contributed by atoms with Crippen LogP contribution in [-0.2, 0) is 11.2 Å². The van der Waals surface area contributed by atoms with Crippen LogP contribution in [-0.4, -0.2) is 23.5 Å². The summed E-state index contributed by atoms with van der Waals surface area (Å²) in [6.45, 7) is 6.56. The van der Waals surface area contributed by atoms with E-state index < -0.39 is 0 Å². The fraction of sp³-hybridized carbons (Fsp3) is 0.292. The van der Waals surface area contributed by atoms with E-state index in [9.17, 15) is 9.59 Å². The van der Waals surface area contributed by atoms with Crippen molar-refractivity contribution in [1.29, 1.82) is 0 Å². The minimum absolute atomic E-state index is 0.141. The summed E-state index contributed by atoms with van der Waals surface area (Å²) in [6, 6.07) is 12.9. The number of anilines is 2. The highest BCUT2D eigenvalue weighted by Gasteiger charge is 2.26. The zero-order valence-corrected chi connectivity index (χ0v) is 18.5. The monoisotopic (exact) mass is 437 g/mol. The second-order valence-electron chi connectivity index (χ2n) is 8.14. The van der Waals surface area contributed by atoms with Crippen molar-refractivity contribution in [3.05, 3.63) is 64.4 Å². The lowest BCUT2D eigenvalue weighted by Crippen LogP contribution is -2.37. The molecule has 2 aromatic carbocycles. The van der Waals surface area contributed by atoms with Gasteiger partial charge in [0, 0.05) is 29.9 Å². The first-order valence-corrected chi connectivity index (χ1v) is 10.7. The number of halogens is 1. The Kier molecular flexibility index (Phi) is 5.83. The number of rotatable bonds is 5. The maximum atomic E-state index is 13.1. The summed E-state index contributed by atoms with van der Waals surface area (Å²) in [6.07, 6.45) is 1.13.